The van der Waals surface area contributed by atoms with Crippen LogP contribution in [0.4, 0.5) is 15.8 Å². The molecule has 1 aliphatic heterocycles. The van der Waals surface area contributed by atoms with Gasteiger partial charge in [-0.15, -0.1) is 0 Å². The Morgan fingerprint density at radius 1 is 0.683 bits per heavy atom. The van der Waals surface area contributed by atoms with Gasteiger partial charge in [0.15, 0.2) is 5.11 Å². The van der Waals surface area contributed by atoms with Crippen molar-refractivity contribution < 1.29 is 18.7 Å². The van der Waals surface area contributed by atoms with Crippen LogP contribution in [0.3, 0.4) is 0 Å². The van der Waals surface area contributed by atoms with E-state index in [9.17, 15) is 14.0 Å². The SMILES string of the molecule is O=C1C(=Cc2c(OCc3ccc(F)cc3)ccc3ccccc23)C(=O)N(c2ccccc2)C(=S)N1c1ccccc1. The van der Waals surface area contributed by atoms with E-state index in [1.165, 1.54) is 21.9 Å². The Bertz CT molecular complexity index is 1740. The fraction of sp³-hybridized carbons (Fsp3) is 0.0294. The molecule has 0 saturated carbocycles. The zero-order valence-electron chi connectivity index (χ0n) is 21.7. The summed E-state index contributed by atoms with van der Waals surface area (Å²) >= 11 is 5.72. The van der Waals surface area contributed by atoms with Crippen LogP contribution in [0, 0.1) is 5.82 Å². The number of hydrogen-bond donors (Lipinski definition) is 0. The molecule has 200 valence electrons. The maximum atomic E-state index is 14.0. The van der Waals surface area contributed by atoms with Crippen molar-refractivity contribution in [3.63, 3.8) is 0 Å². The van der Waals surface area contributed by atoms with Crippen molar-refractivity contribution in [3.8, 4) is 5.75 Å². The second-order valence-corrected chi connectivity index (χ2v) is 9.77. The largest absolute Gasteiger partial charge is 0.488 e. The Kier molecular flexibility index (Phi) is 7.10. The molecule has 0 radical (unpaired) electrons. The number of carbonyl (C=O) groups is 2. The van der Waals surface area contributed by atoms with Crippen LogP contribution in [0.15, 0.2) is 127 Å². The molecule has 0 N–H and O–H groups in total. The molecule has 6 rings (SSSR count). The highest BCUT2D eigenvalue weighted by Crippen LogP contribution is 2.34. The van der Waals surface area contributed by atoms with Gasteiger partial charge in [0.1, 0.15) is 23.7 Å². The fourth-order valence-corrected chi connectivity index (χ4v) is 5.15. The van der Waals surface area contributed by atoms with Crippen LogP contribution >= 0.6 is 12.2 Å². The average molecular weight is 559 g/mol. The van der Waals surface area contributed by atoms with E-state index in [0.717, 1.165) is 16.3 Å². The normalized spacial score (nSPS) is 13.6. The number of rotatable bonds is 6. The van der Waals surface area contributed by atoms with Crippen LogP contribution < -0.4 is 14.5 Å². The van der Waals surface area contributed by atoms with Crippen LogP contribution in [0.25, 0.3) is 16.8 Å². The molecule has 0 atom stereocenters. The van der Waals surface area contributed by atoms with Gasteiger partial charge in [0.05, 0.1) is 11.4 Å². The number of ether oxygens (including phenoxy) is 1. The zero-order chi connectivity index (χ0) is 28.3. The van der Waals surface area contributed by atoms with Crippen molar-refractivity contribution in [2.24, 2.45) is 0 Å². The van der Waals surface area contributed by atoms with Gasteiger partial charge in [-0.3, -0.25) is 19.4 Å². The highest BCUT2D eigenvalue weighted by Gasteiger charge is 2.41. The number of anilines is 2. The lowest BCUT2D eigenvalue weighted by Crippen LogP contribution is -2.56. The molecule has 0 unspecified atom stereocenters. The van der Waals surface area contributed by atoms with Gasteiger partial charge in [0, 0.05) is 5.56 Å². The number of benzene rings is 5. The number of hydrogen-bond acceptors (Lipinski definition) is 4. The molecule has 7 heteroatoms. The molecule has 1 saturated heterocycles. The summed E-state index contributed by atoms with van der Waals surface area (Å²) in [5, 5.41) is 1.79. The highest BCUT2D eigenvalue weighted by molar-refractivity contribution is 7.81. The van der Waals surface area contributed by atoms with E-state index >= 15 is 0 Å². The summed E-state index contributed by atoms with van der Waals surface area (Å²) in [5.74, 6) is -0.915. The Hall–Kier alpha value is -5.14. The standard InChI is InChI=1S/C34H23FN2O3S/c35-25-18-15-23(16-19-25)22-40-31-20-17-24-9-7-8-14-28(24)29(31)21-30-32(38)36(26-10-3-1-4-11-26)34(41)37(33(30)39)27-12-5-2-6-13-27/h1-21H,22H2. The molecule has 0 aromatic heterocycles. The van der Waals surface area contributed by atoms with E-state index < -0.39 is 11.8 Å². The third-order valence-electron chi connectivity index (χ3n) is 6.81. The molecule has 2 amide bonds. The van der Waals surface area contributed by atoms with Gasteiger partial charge in [-0.25, -0.2) is 4.39 Å². The first-order valence-electron chi connectivity index (χ1n) is 12.9. The van der Waals surface area contributed by atoms with Crippen molar-refractivity contribution >= 4 is 57.4 Å². The number of fused-ring (bicyclic) bond motifs is 1. The molecule has 0 aliphatic carbocycles. The average Bonchev–Trinajstić information content (AvgIpc) is 3.00. The van der Waals surface area contributed by atoms with Gasteiger partial charge in [-0.1, -0.05) is 78.9 Å². The summed E-state index contributed by atoms with van der Waals surface area (Å²) in [7, 11) is 0. The highest BCUT2D eigenvalue weighted by atomic mass is 32.1. The Balaban J connectivity index is 1.50. The summed E-state index contributed by atoms with van der Waals surface area (Å²) in [4.78, 5) is 30.8. The number of thiocarbonyl (C=S) groups is 1. The van der Waals surface area contributed by atoms with Crippen molar-refractivity contribution in [1.82, 2.24) is 0 Å². The van der Waals surface area contributed by atoms with Crippen LogP contribution in [0.1, 0.15) is 11.1 Å². The molecular weight excluding hydrogens is 535 g/mol. The first kappa shape index (κ1) is 26.1. The molecule has 5 aromatic carbocycles. The molecule has 1 heterocycles. The predicted molar refractivity (Wildman–Crippen MR) is 163 cm³/mol. The van der Waals surface area contributed by atoms with E-state index in [1.54, 1.807) is 42.5 Å². The second-order valence-electron chi connectivity index (χ2n) is 9.41. The minimum absolute atomic E-state index is 0.0608. The lowest BCUT2D eigenvalue weighted by Gasteiger charge is -2.36. The van der Waals surface area contributed by atoms with Crippen molar-refractivity contribution in [3.05, 3.63) is 144 Å². The van der Waals surface area contributed by atoms with Crippen LogP contribution in [-0.2, 0) is 16.2 Å². The summed E-state index contributed by atoms with van der Waals surface area (Å²) in [6.07, 6.45) is 1.58. The third-order valence-corrected chi connectivity index (χ3v) is 7.17. The molecule has 5 nitrogen and oxygen atoms in total. The molecule has 0 bridgehead atoms. The smallest absolute Gasteiger partial charge is 0.270 e. The molecule has 41 heavy (non-hydrogen) atoms. The number of para-hydroxylation sites is 2. The van der Waals surface area contributed by atoms with E-state index in [-0.39, 0.29) is 23.1 Å². The lowest BCUT2D eigenvalue weighted by atomic mass is 9.99. The lowest BCUT2D eigenvalue weighted by molar-refractivity contribution is -0.120. The third kappa shape index (κ3) is 5.11. The zero-order valence-corrected chi connectivity index (χ0v) is 22.6. The predicted octanol–water partition coefficient (Wildman–Crippen LogP) is 7.31. The van der Waals surface area contributed by atoms with Crippen molar-refractivity contribution in [2.75, 3.05) is 9.80 Å². The van der Waals surface area contributed by atoms with Gasteiger partial charge in [-0.2, -0.15) is 0 Å². The summed E-state index contributed by atoms with van der Waals surface area (Å²) in [6.45, 7) is 0.174. The first-order valence-corrected chi connectivity index (χ1v) is 13.4. The number of amides is 2. The summed E-state index contributed by atoms with van der Waals surface area (Å²) in [6, 6.07) is 35.5. The monoisotopic (exact) mass is 558 g/mol. The van der Waals surface area contributed by atoms with Gasteiger partial charge < -0.3 is 4.74 Å². The van der Waals surface area contributed by atoms with Gasteiger partial charge in [0.25, 0.3) is 11.8 Å². The van der Waals surface area contributed by atoms with Crippen molar-refractivity contribution in [1.29, 1.82) is 0 Å². The summed E-state index contributed by atoms with van der Waals surface area (Å²) < 4.78 is 19.6. The van der Waals surface area contributed by atoms with Crippen LogP contribution in [0.5, 0.6) is 5.75 Å². The quantitative estimate of drug-likeness (QED) is 0.125. The molecule has 1 fully saturated rings. The molecule has 1 aliphatic rings. The minimum Gasteiger partial charge on any atom is -0.488 e. The van der Waals surface area contributed by atoms with Gasteiger partial charge in [-0.05, 0) is 77.1 Å². The minimum atomic E-state index is -0.532. The van der Waals surface area contributed by atoms with Gasteiger partial charge >= 0.3 is 0 Å². The molecule has 0 spiro atoms. The van der Waals surface area contributed by atoms with E-state index in [1.807, 2.05) is 72.8 Å². The molecule has 5 aromatic rings. The Labute approximate surface area is 241 Å². The fourth-order valence-electron chi connectivity index (χ4n) is 4.78. The number of halogens is 1. The Morgan fingerprint density at radius 3 is 1.85 bits per heavy atom. The number of carbonyl (C=O) groups excluding carboxylic acids is 2. The maximum Gasteiger partial charge on any atom is 0.270 e. The van der Waals surface area contributed by atoms with Crippen LogP contribution in [-0.4, -0.2) is 16.9 Å². The first-order chi connectivity index (χ1) is 20.0. The topological polar surface area (TPSA) is 49.9 Å². The van der Waals surface area contributed by atoms with Gasteiger partial charge in [0.2, 0.25) is 0 Å². The van der Waals surface area contributed by atoms with Crippen LogP contribution in [0.2, 0.25) is 0 Å². The number of nitrogens with zero attached hydrogens (tertiary/aromatic N) is 2. The van der Waals surface area contributed by atoms with E-state index in [2.05, 4.69) is 0 Å². The van der Waals surface area contributed by atoms with E-state index in [4.69, 9.17) is 17.0 Å². The maximum absolute atomic E-state index is 14.0. The van der Waals surface area contributed by atoms with Crippen molar-refractivity contribution in [2.45, 2.75) is 6.61 Å². The van der Waals surface area contributed by atoms with E-state index in [0.29, 0.717) is 22.7 Å². The Morgan fingerprint density at radius 2 is 1.24 bits per heavy atom. The second kappa shape index (κ2) is 11.2. The summed E-state index contributed by atoms with van der Waals surface area (Å²) in [5.41, 5.74) is 2.39. The molecular formula is C34H23FN2O3S.